The van der Waals surface area contributed by atoms with Gasteiger partial charge in [0.2, 0.25) is 0 Å². The molecule has 0 saturated heterocycles. The summed E-state index contributed by atoms with van der Waals surface area (Å²) in [5.74, 6) is -0.823. The minimum atomic E-state index is -0.823. The Morgan fingerprint density at radius 2 is 1.95 bits per heavy atom. The number of thiophene rings is 1. The van der Waals surface area contributed by atoms with E-state index in [4.69, 9.17) is 5.11 Å². The molecule has 2 rings (SSSR count). The molecule has 0 unspecified atom stereocenters. The number of carbonyl (C=O) groups is 1. The fourth-order valence-corrected chi connectivity index (χ4v) is 3.28. The van der Waals surface area contributed by atoms with Gasteiger partial charge in [0.15, 0.2) is 0 Å². The van der Waals surface area contributed by atoms with Crippen LogP contribution in [0, 0.1) is 6.92 Å². The lowest BCUT2D eigenvalue weighted by Gasteiger charge is -2.22. The predicted octanol–water partition coefficient (Wildman–Crippen LogP) is 3.91. The van der Waals surface area contributed by atoms with Crippen molar-refractivity contribution in [3.8, 4) is 0 Å². The van der Waals surface area contributed by atoms with E-state index in [1.165, 1.54) is 0 Å². The van der Waals surface area contributed by atoms with E-state index in [2.05, 4.69) is 15.9 Å². The Balaban J connectivity index is 2.20. The van der Waals surface area contributed by atoms with Gasteiger partial charge in [-0.15, -0.1) is 11.3 Å². The normalized spacial score (nSPS) is 10.4. The van der Waals surface area contributed by atoms with Crippen molar-refractivity contribution >= 4 is 38.9 Å². The van der Waals surface area contributed by atoms with E-state index in [1.54, 1.807) is 11.3 Å². The molecule has 0 fully saturated rings. The molecule has 0 atom stereocenters. The standard InChI is InChI=1S/C14H14BrNO2S/c1-10-2-4-11(5-3-10)16(9-14(17)18)8-12-6-7-13(15)19-12/h2-7H,8-9H2,1H3,(H,17,18). The SMILES string of the molecule is Cc1ccc(N(CC(=O)O)Cc2ccc(Br)s2)cc1. The molecule has 0 saturated carbocycles. The van der Waals surface area contributed by atoms with Crippen molar-refractivity contribution in [3.05, 3.63) is 50.6 Å². The van der Waals surface area contributed by atoms with E-state index >= 15 is 0 Å². The van der Waals surface area contributed by atoms with Crippen LogP contribution in [0.5, 0.6) is 0 Å². The molecular formula is C14H14BrNO2S. The van der Waals surface area contributed by atoms with Crippen molar-refractivity contribution in [2.24, 2.45) is 0 Å². The molecule has 1 heterocycles. The van der Waals surface area contributed by atoms with Crippen LogP contribution in [0.3, 0.4) is 0 Å². The average Bonchev–Trinajstić information content (AvgIpc) is 2.74. The van der Waals surface area contributed by atoms with E-state index in [1.807, 2.05) is 48.2 Å². The van der Waals surface area contributed by atoms with Gasteiger partial charge in [0.25, 0.3) is 0 Å². The fourth-order valence-electron chi connectivity index (χ4n) is 1.78. The van der Waals surface area contributed by atoms with Crippen molar-refractivity contribution in [3.63, 3.8) is 0 Å². The van der Waals surface area contributed by atoms with Crippen LogP contribution in [0.15, 0.2) is 40.2 Å². The summed E-state index contributed by atoms with van der Waals surface area (Å²) in [6, 6.07) is 11.9. The predicted molar refractivity (Wildman–Crippen MR) is 81.9 cm³/mol. The van der Waals surface area contributed by atoms with E-state index in [-0.39, 0.29) is 6.54 Å². The monoisotopic (exact) mass is 339 g/mol. The number of hydrogen-bond donors (Lipinski definition) is 1. The summed E-state index contributed by atoms with van der Waals surface area (Å²) in [6.45, 7) is 2.62. The molecule has 3 nitrogen and oxygen atoms in total. The molecule has 1 N–H and O–H groups in total. The summed E-state index contributed by atoms with van der Waals surface area (Å²) in [7, 11) is 0. The zero-order valence-corrected chi connectivity index (χ0v) is 12.9. The Labute approximate surface area is 124 Å². The third-order valence-corrected chi connectivity index (χ3v) is 4.31. The third kappa shape index (κ3) is 4.08. The maximum atomic E-state index is 11.0. The van der Waals surface area contributed by atoms with E-state index in [0.29, 0.717) is 6.54 Å². The Hall–Kier alpha value is -1.33. The molecule has 0 amide bonds. The zero-order valence-electron chi connectivity index (χ0n) is 10.5. The van der Waals surface area contributed by atoms with Gasteiger partial charge in [0.1, 0.15) is 6.54 Å². The highest BCUT2D eigenvalue weighted by Gasteiger charge is 2.12. The topological polar surface area (TPSA) is 40.5 Å². The van der Waals surface area contributed by atoms with Crippen molar-refractivity contribution in [2.45, 2.75) is 13.5 Å². The minimum Gasteiger partial charge on any atom is -0.480 e. The number of halogens is 1. The molecule has 5 heteroatoms. The number of benzene rings is 1. The van der Waals surface area contributed by atoms with Gasteiger partial charge in [-0.1, -0.05) is 17.7 Å². The first kappa shape index (κ1) is 14.1. The lowest BCUT2D eigenvalue weighted by molar-refractivity contribution is -0.135. The number of aryl methyl sites for hydroxylation is 1. The van der Waals surface area contributed by atoms with Crippen LogP contribution in [0.1, 0.15) is 10.4 Å². The fraction of sp³-hybridized carbons (Fsp3) is 0.214. The molecule has 0 spiro atoms. The molecule has 2 aromatic rings. The Kier molecular flexibility index (Phi) is 4.61. The van der Waals surface area contributed by atoms with Crippen LogP contribution < -0.4 is 4.90 Å². The summed E-state index contributed by atoms with van der Waals surface area (Å²) in [4.78, 5) is 14.0. The summed E-state index contributed by atoms with van der Waals surface area (Å²) >= 11 is 5.05. The number of rotatable bonds is 5. The van der Waals surface area contributed by atoms with Crippen LogP contribution in [0.25, 0.3) is 0 Å². The number of nitrogens with zero attached hydrogens (tertiary/aromatic N) is 1. The van der Waals surface area contributed by atoms with Gasteiger partial charge in [0.05, 0.1) is 10.3 Å². The van der Waals surface area contributed by atoms with Crippen LogP contribution in [0.4, 0.5) is 5.69 Å². The largest absolute Gasteiger partial charge is 0.480 e. The van der Waals surface area contributed by atoms with Crippen LogP contribution in [-0.2, 0) is 11.3 Å². The Morgan fingerprint density at radius 1 is 1.26 bits per heavy atom. The maximum Gasteiger partial charge on any atom is 0.323 e. The molecule has 100 valence electrons. The van der Waals surface area contributed by atoms with E-state index < -0.39 is 5.97 Å². The highest BCUT2D eigenvalue weighted by Crippen LogP contribution is 2.25. The molecule has 19 heavy (non-hydrogen) atoms. The van der Waals surface area contributed by atoms with E-state index in [9.17, 15) is 4.79 Å². The molecular weight excluding hydrogens is 326 g/mol. The van der Waals surface area contributed by atoms with Crippen molar-refractivity contribution in [1.29, 1.82) is 0 Å². The van der Waals surface area contributed by atoms with Gasteiger partial charge < -0.3 is 10.0 Å². The van der Waals surface area contributed by atoms with Crippen LogP contribution in [0.2, 0.25) is 0 Å². The minimum absolute atomic E-state index is 0.00141. The molecule has 0 aliphatic rings. The number of anilines is 1. The highest BCUT2D eigenvalue weighted by atomic mass is 79.9. The quantitative estimate of drug-likeness (QED) is 0.897. The Bertz CT molecular complexity index is 565. The average molecular weight is 340 g/mol. The second-order valence-corrected chi connectivity index (χ2v) is 6.84. The van der Waals surface area contributed by atoms with Gasteiger partial charge in [-0.2, -0.15) is 0 Å². The molecule has 0 bridgehead atoms. The molecule has 0 aliphatic heterocycles. The number of carboxylic acid groups (broad SMARTS) is 1. The van der Waals surface area contributed by atoms with Crippen LogP contribution in [-0.4, -0.2) is 17.6 Å². The second-order valence-electron chi connectivity index (χ2n) is 4.29. The highest BCUT2D eigenvalue weighted by molar-refractivity contribution is 9.11. The van der Waals surface area contributed by atoms with Crippen molar-refractivity contribution in [2.75, 3.05) is 11.4 Å². The number of hydrogen-bond acceptors (Lipinski definition) is 3. The zero-order chi connectivity index (χ0) is 13.8. The molecule has 1 aromatic heterocycles. The lowest BCUT2D eigenvalue weighted by atomic mass is 10.2. The van der Waals surface area contributed by atoms with Crippen molar-refractivity contribution < 1.29 is 9.90 Å². The lowest BCUT2D eigenvalue weighted by Crippen LogP contribution is -2.28. The summed E-state index contributed by atoms with van der Waals surface area (Å²) in [5, 5.41) is 9.04. The summed E-state index contributed by atoms with van der Waals surface area (Å²) in [5.41, 5.74) is 2.09. The maximum absolute atomic E-state index is 11.0. The van der Waals surface area contributed by atoms with Gasteiger partial charge in [0, 0.05) is 10.6 Å². The van der Waals surface area contributed by atoms with Crippen LogP contribution >= 0.6 is 27.3 Å². The van der Waals surface area contributed by atoms with Gasteiger partial charge in [-0.05, 0) is 47.1 Å². The first-order chi connectivity index (χ1) is 9.04. The number of aliphatic carboxylic acids is 1. The first-order valence-electron chi connectivity index (χ1n) is 5.82. The smallest absolute Gasteiger partial charge is 0.323 e. The Morgan fingerprint density at radius 3 is 2.47 bits per heavy atom. The second kappa shape index (κ2) is 6.21. The molecule has 0 aliphatic carbocycles. The first-order valence-corrected chi connectivity index (χ1v) is 7.43. The van der Waals surface area contributed by atoms with Gasteiger partial charge in [-0.25, -0.2) is 0 Å². The van der Waals surface area contributed by atoms with E-state index in [0.717, 1.165) is 19.9 Å². The number of carboxylic acids is 1. The summed E-state index contributed by atoms with van der Waals surface area (Å²) in [6.07, 6.45) is 0. The van der Waals surface area contributed by atoms with Gasteiger partial charge in [-0.3, -0.25) is 4.79 Å². The molecule has 0 radical (unpaired) electrons. The summed E-state index contributed by atoms with van der Waals surface area (Å²) < 4.78 is 1.06. The molecule has 1 aromatic carbocycles. The van der Waals surface area contributed by atoms with Gasteiger partial charge >= 0.3 is 5.97 Å². The van der Waals surface area contributed by atoms with Crippen molar-refractivity contribution in [1.82, 2.24) is 0 Å². The third-order valence-electron chi connectivity index (χ3n) is 2.70.